The second-order valence-corrected chi connectivity index (χ2v) is 9.51. The molecule has 2 aliphatic carbocycles. The number of thioether (sulfide) groups is 1. The van der Waals surface area contributed by atoms with E-state index in [2.05, 4.69) is 0 Å². The molecule has 2 fully saturated rings. The number of fused-ring (bicyclic) bond motifs is 1. The maximum Gasteiger partial charge on any atom is 0.312 e. The van der Waals surface area contributed by atoms with Gasteiger partial charge in [-0.1, -0.05) is 13.8 Å². The molecule has 1 aromatic rings. The Morgan fingerprint density at radius 2 is 1.53 bits per heavy atom. The van der Waals surface area contributed by atoms with Crippen LogP contribution in [-0.2, 0) is 38.1 Å². The Morgan fingerprint density at radius 3 is 2.09 bits per heavy atom. The van der Waals surface area contributed by atoms with E-state index < -0.39 is 49.3 Å². The highest BCUT2D eigenvalue weighted by molar-refractivity contribution is 7.99. The van der Waals surface area contributed by atoms with Gasteiger partial charge in [0.1, 0.15) is 5.82 Å². The molecule has 0 spiro atoms. The van der Waals surface area contributed by atoms with Crippen LogP contribution in [0.15, 0.2) is 23.1 Å². The molecule has 10 heteroatoms. The third kappa shape index (κ3) is 6.28. The summed E-state index contributed by atoms with van der Waals surface area (Å²) in [5.74, 6) is -3.05. The molecule has 186 valence electrons. The second-order valence-electron chi connectivity index (χ2n) is 8.41. The number of hydrogen-bond donors (Lipinski definition) is 0. The molecule has 0 amide bonds. The van der Waals surface area contributed by atoms with Crippen LogP contribution in [0.4, 0.5) is 4.39 Å². The SMILES string of the molecule is CCC(=O)OCOC(=O)C1C(CSc2ccc(F)c(C)c2)CC2C(C(=O)OCOC(=O)CC)C21. The Kier molecular flexibility index (Phi) is 8.93. The molecule has 2 saturated carbocycles. The summed E-state index contributed by atoms with van der Waals surface area (Å²) in [7, 11) is 0. The molecule has 5 unspecified atom stereocenters. The molecule has 3 rings (SSSR count). The predicted octanol–water partition coefficient (Wildman–Crippen LogP) is 3.63. The van der Waals surface area contributed by atoms with Gasteiger partial charge in [-0.25, -0.2) is 4.39 Å². The van der Waals surface area contributed by atoms with E-state index in [9.17, 15) is 23.6 Å². The largest absolute Gasteiger partial charge is 0.428 e. The predicted molar refractivity (Wildman–Crippen MR) is 119 cm³/mol. The van der Waals surface area contributed by atoms with Crippen LogP contribution in [0, 0.1) is 42.3 Å². The zero-order chi connectivity index (χ0) is 24.8. The van der Waals surface area contributed by atoms with Gasteiger partial charge in [-0.05, 0) is 54.9 Å². The molecule has 0 saturated heterocycles. The van der Waals surface area contributed by atoms with Gasteiger partial charge < -0.3 is 18.9 Å². The summed E-state index contributed by atoms with van der Waals surface area (Å²) >= 11 is 1.51. The molecular formula is C24H29FO8S. The topological polar surface area (TPSA) is 105 Å². The molecule has 0 radical (unpaired) electrons. The standard InChI is InChI=1S/C24H29FO8S/c1-4-18(26)30-11-32-23(28)20-14(10-34-15-6-7-17(25)13(3)8-15)9-16-21(20)22(16)24(29)33-12-31-19(27)5-2/h6-8,14,16,20-22H,4-5,9-12H2,1-3H3. The lowest BCUT2D eigenvalue weighted by atomic mass is 9.90. The van der Waals surface area contributed by atoms with Crippen molar-refractivity contribution in [1.29, 1.82) is 0 Å². The van der Waals surface area contributed by atoms with Crippen molar-refractivity contribution in [1.82, 2.24) is 0 Å². The number of rotatable bonds is 11. The first-order valence-electron chi connectivity index (χ1n) is 11.3. The maximum atomic E-state index is 13.6. The average Bonchev–Trinajstić information content (AvgIpc) is 3.39. The third-order valence-corrected chi connectivity index (χ3v) is 7.47. The summed E-state index contributed by atoms with van der Waals surface area (Å²) in [5, 5.41) is 0. The van der Waals surface area contributed by atoms with Gasteiger partial charge in [0, 0.05) is 23.5 Å². The number of esters is 4. The number of hydrogen-bond acceptors (Lipinski definition) is 9. The van der Waals surface area contributed by atoms with Gasteiger partial charge in [0.05, 0.1) is 11.8 Å². The number of ether oxygens (including phenoxy) is 4. The quantitative estimate of drug-likeness (QED) is 0.258. The molecule has 5 atom stereocenters. The molecule has 34 heavy (non-hydrogen) atoms. The van der Waals surface area contributed by atoms with Gasteiger partial charge in [-0.3, -0.25) is 19.2 Å². The smallest absolute Gasteiger partial charge is 0.312 e. The molecule has 0 heterocycles. The van der Waals surface area contributed by atoms with E-state index in [0.29, 0.717) is 17.7 Å². The van der Waals surface area contributed by atoms with Crippen LogP contribution in [0.25, 0.3) is 0 Å². The molecule has 8 nitrogen and oxygen atoms in total. The van der Waals surface area contributed by atoms with Crippen LogP contribution < -0.4 is 0 Å². The molecule has 0 aromatic heterocycles. The summed E-state index contributed by atoms with van der Waals surface area (Å²) < 4.78 is 33.5. The van der Waals surface area contributed by atoms with Crippen molar-refractivity contribution < 1.29 is 42.5 Å². The molecule has 0 bridgehead atoms. The summed E-state index contributed by atoms with van der Waals surface area (Å²) in [4.78, 5) is 48.8. The van der Waals surface area contributed by atoms with Gasteiger partial charge in [-0.15, -0.1) is 11.8 Å². The highest BCUT2D eigenvalue weighted by Gasteiger charge is 2.67. The van der Waals surface area contributed by atoms with Crippen molar-refractivity contribution in [3.05, 3.63) is 29.6 Å². The Hall–Kier alpha value is -2.62. The fraction of sp³-hybridized carbons (Fsp3) is 0.583. The Balaban J connectivity index is 1.61. The van der Waals surface area contributed by atoms with Crippen LogP contribution in [0.1, 0.15) is 38.7 Å². The van der Waals surface area contributed by atoms with Crippen molar-refractivity contribution in [3.63, 3.8) is 0 Å². The van der Waals surface area contributed by atoms with Crippen molar-refractivity contribution in [2.45, 2.75) is 44.9 Å². The third-order valence-electron chi connectivity index (χ3n) is 6.28. The molecule has 1 aromatic carbocycles. The molecule has 0 aliphatic heterocycles. The van der Waals surface area contributed by atoms with Gasteiger partial charge in [0.15, 0.2) is 0 Å². The first-order valence-corrected chi connectivity index (χ1v) is 12.3. The summed E-state index contributed by atoms with van der Waals surface area (Å²) in [6.07, 6.45) is 0.967. The molecule has 2 aliphatic rings. The van der Waals surface area contributed by atoms with Crippen molar-refractivity contribution >= 4 is 35.6 Å². The number of aryl methyl sites for hydroxylation is 1. The summed E-state index contributed by atoms with van der Waals surface area (Å²) in [6, 6.07) is 4.86. The van der Waals surface area contributed by atoms with Crippen LogP contribution in [-0.4, -0.2) is 43.2 Å². The van der Waals surface area contributed by atoms with Crippen molar-refractivity contribution in [2.75, 3.05) is 19.3 Å². The average molecular weight is 497 g/mol. The number of benzene rings is 1. The van der Waals surface area contributed by atoms with E-state index in [1.807, 2.05) is 0 Å². The number of halogens is 1. The minimum atomic E-state index is -0.560. The number of carbonyl (C=O) groups excluding carboxylic acids is 4. The van der Waals surface area contributed by atoms with Crippen LogP contribution in [0.3, 0.4) is 0 Å². The Morgan fingerprint density at radius 1 is 0.941 bits per heavy atom. The number of carbonyl (C=O) groups is 4. The summed E-state index contributed by atoms with van der Waals surface area (Å²) in [6.45, 7) is 4.03. The minimum Gasteiger partial charge on any atom is -0.428 e. The van der Waals surface area contributed by atoms with E-state index in [1.165, 1.54) is 17.8 Å². The van der Waals surface area contributed by atoms with Gasteiger partial charge >= 0.3 is 23.9 Å². The van der Waals surface area contributed by atoms with Gasteiger partial charge in [0.25, 0.3) is 0 Å². The normalized spacial score (nSPS) is 24.6. The van der Waals surface area contributed by atoms with E-state index in [1.54, 1.807) is 32.9 Å². The van der Waals surface area contributed by atoms with E-state index in [-0.39, 0.29) is 36.4 Å². The first-order chi connectivity index (χ1) is 16.3. The molecule has 0 N–H and O–H groups in total. The van der Waals surface area contributed by atoms with Crippen molar-refractivity contribution in [3.8, 4) is 0 Å². The van der Waals surface area contributed by atoms with Crippen LogP contribution in [0.5, 0.6) is 0 Å². The minimum absolute atomic E-state index is 0.0364. The summed E-state index contributed by atoms with van der Waals surface area (Å²) in [5.41, 5.74) is 0.541. The first kappa shape index (κ1) is 26.0. The maximum absolute atomic E-state index is 13.6. The zero-order valence-electron chi connectivity index (χ0n) is 19.4. The Bertz CT molecular complexity index is 936. The van der Waals surface area contributed by atoms with Gasteiger partial charge in [-0.2, -0.15) is 0 Å². The fourth-order valence-electron chi connectivity index (χ4n) is 4.47. The monoisotopic (exact) mass is 496 g/mol. The van der Waals surface area contributed by atoms with Crippen molar-refractivity contribution in [2.24, 2.45) is 29.6 Å². The zero-order valence-corrected chi connectivity index (χ0v) is 20.2. The fourth-order valence-corrected chi connectivity index (χ4v) is 5.65. The van der Waals surface area contributed by atoms with Gasteiger partial charge in [0.2, 0.25) is 13.6 Å². The highest BCUT2D eigenvalue weighted by atomic mass is 32.2. The van der Waals surface area contributed by atoms with E-state index in [4.69, 9.17) is 18.9 Å². The second kappa shape index (κ2) is 11.7. The van der Waals surface area contributed by atoms with Crippen LogP contribution >= 0.6 is 11.8 Å². The molecular weight excluding hydrogens is 467 g/mol. The van der Waals surface area contributed by atoms with E-state index >= 15 is 0 Å². The highest BCUT2D eigenvalue weighted by Crippen LogP contribution is 2.64. The lowest BCUT2D eigenvalue weighted by Crippen LogP contribution is -2.30. The van der Waals surface area contributed by atoms with Crippen LogP contribution in [0.2, 0.25) is 0 Å². The lowest BCUT2D eigenvalue weighted by molar-refractivity contribution is -0.171. The van der Waals surface area contributed by atoms with E-state index in [0.717, 1.165) is 4.90 Å². The lowest BCUT2D eigenvalue weighted by Gasteiger charge is -2.22. The Labute approximate surface area is 201 Å².